The molecule has 12 heteroatoms. The largest absolute Gasteiger partial charge is 0.390 e. The molecule has 3 unspecified atom stereocenters. The smallest absolute Gasteiger partial charge is 0.243 e. The molecule has 0 aliphatic rings. The fourth-order valence-electron chi connectivity index (χ4n) is 4.91. The molecule has 0 bridgehead atoms. The summed E-state index contributed by atoms with van der Waals surface area (Å²) in [6.45, 7) is 11.1. The predicted molar refractivity (Wildman–Crippen MR) is 168 cm³/mol. The molecule has 0 saturated heterocycles. The Hall–Kier alpha value is -3.32. The molecule has 0 fully saturated rings. The highest BCUT2D eigenvalue weighted by Crippen LogP contribution is 2.24. The number of aromatic amines is 1. The summed E-state index contributed by atoms with van der Waals surface area (Å²) < 4.78 is 29.1. The average Bonchev–Trinajstić information content (AvgIpc) is 3.30. The third kappa shape index (κ3) is 9.33. The van der Waals surface area contributed by atoms with Gasteiger partial charge in [0.15, 0.2) is 0 Å². The Kier molecular flexibility index (Phi) is 11.5. The second-order valence-electron chi connectivity index (χ2n) is 12.5. The predicted octanol–water partition coefficient (Wildman–Crippen LogP) is 2.36. The first-order chi connectivity index (χ1) is 20.1. The zero-order chi connectivity index (χ0) is 31.9. The number of aliphatic hydroxyl groups excluding tert-OH is 1. The number of hydrogen-bond acceptors (Lipinski definition) is 7. The summed E-state index contributed by atoms with van der Waals surface area (Å²) in [6, 6.07) is 12.3. The highest BCUT2D eigenvalue weighted by Gasteiger charge is 2.36. The number of H-pyrrole nitrogens is 1. The van der Waals surface area contributed by atoms with Gasteiger partial charge in [0, 0.05) is 13.1 Å². The molecular formula is C31H46N6O5S. The van der Waals surface area contributed by atoms with Crippen molar-refractivity contribution < 1.29 is 23.1 Å². The summed E-state index contributed by atoms with van der Waals surface area (Å²) in [7, 11) is -2.38. The molecule has 11 nitrogen and oxygen atoms in total. The Labute approximate surface area is 254 Å². The van der Waals surface area contributed by atoms with E-state index in [1.54, 1.807) is 26.1 Å². The van der Waals surface area contributed by atoms with Crippen molar-refractivity contribution >= 4 is 32.9 Å². The van der Waals surface area contributed by atoms with E-state index in [2.05, 4.69) is 25.9 Å². The van der Waals surface area contributed by atoms with Crippen molar-refractivity contribution in [3.63, 3.8) is 0 Å². The van der Waals surface area contributed by atoms with Crippen molar-refractivity contribution in [2.75, 3.05) is 26.7 Å². The summed E-state index contributed by atoms with van der Waals surface area (Å²) in [4.78, 5) is 33.6. The van der Waals surface area contributed by atoms with Crippen molar-refractivity contribution in [1.82, 2.24) is 30.2 Å². The van der Waals surface area contributed by atoms with Crippen LogP contribution in [0.25, 0.3) is 11.0 Å². The number of benzene rings is 2. The molecule has 1 aromatic heterocycles. The number of nitrogens with one attached hydrogen (secondary N) is 4. The van der Waals surface area contributed by atoms with E-state index < -0.39 is 39.5 Å². The molecule has 0 radical (unpaired) electrons. The Morgan fingerprint density at radius 3 is 2.33 bits per heavy atom. The summed E-state index contributed by atoms with van der Waals surface area (Å²) in [6.07, 6.45) is -1.01. The van der Waals surface area contributed by atoms with Crippen LogP contribution in [0, 0.1) is 18.3 Å². The lowest BCUT2D eigenvalue weighted by molar-refractivity contribution is -0.132. The van der Waals surface area contributed by atoms with E-state index in [0.29, 0.717) is 16.9 Å². The third-order valence-electron chi connectivity index (χ3n) is 7.03. The molecule has 0 aliphatic heterocycles. The Bertz CT molecular complexity index is 1480. The number of aromatic nitrogens is 2. The number of nitrogens with zero attached hydrogens (tertiary/aromatic N) is 2. The Morgan fingerprint density at radius 2 is 1.72 bits per heavy atom. The first kappa shape index (κ1) is 34.2. The van der Waals surface area contributed by atoms with Gasteiger partial charge in [-0.2, -0.15) is 4.31 Å². The number of sulfonamides is 1. The Morgan fingerprint density at radius 1 is 1.05 bits per heavy atom. The van der Waals surface area contributed by atoms with Gasteiger partial charge in [-0.3, -0.25) is 9.59 Å². The minimum Gasteiger partial charge on any atom is -0.390 e. The lowest BCUT2D eigenvalue weighted by atomic mass is 9.85. The van der Waals surface area contributed by atoms with Gasteiger partial charge in [0.25, 0.3) is 0 Å². The molecule has 0 aliphatic carbocycles. The quantitative estimate of drug-likeness (QED) is 0.187. The highest BCUT2D eigenvalue weighted by atomic mass is 32.2. The van der Waals surface area contributed by atoms with Crippen molar-refractivity contribution in [2.24, 2.45) is 11.3 Å². The van der Waals surface area contributed by atoms with Crippen LogP contribution in [0.4, 0.5) is 0 Å². The molecule has 1 heterocycles. The number of carbonyl (C=O) groups is 2. The second-order valence-corrected chi connectivity index (χ2v) is 14.4. The summed E-state index contributed by atoms with van der Waals surface area (Å²) >= 11 is 0. The number of aliphatic hydroxyl groups is 1. The van der Waals surface area contributed by atoms with Crippen LogP contribution in [0.2, 0.25) is 0 Å². The van der Waals surface area contributed by atoms with Crippen LogP contribution in [0.1, 0.15) is 46.0 Å². The SMILES string of the molecule is CNCC(=O)NC(C(=O)NC(Cc1ccccc1)C(O)CN(CC(C)C)S(=O)(=O)c1ccc2nc(C)[nH]c2c1)C(C)(C)C. The summed E-state index contributed by atoms with van der Waals surface area (Å²) in [5, 5.41) is 20.1. The molecule has 2 aromatic carbocycles. The van der Waals surface area contributed by atoms with E-state index in [-0.39, 0.29) is 42.8 Å². The normalized spacial score (nSPS) is 14.6. The first-order valence-corrected chi connectivity index (χ1v) is 16.0. The number of likely N-dealkylation sites (N-methyl/N-ethyl adjacent to an activating group) is 1. The van der Waals surface area contributed by atoms with E-state index in [4.69, 9.17) is 0 Å². The molecule has 43 heavy (non-hydrogen) atoms. The van der Waals surface area contributed by atoms with E-state index >= 15 is 0 Å². The van der Waals surface area contributed by atoms with Gasteiger partial charge in [0.1, 0.15) is 11.9 Å². The van der Waals surface area contributed by atoms with Gasteiger partial charge in [-0.15, -0.1) is 0 Å². The van der Waals surface area contributed by atoms with Crippen LogP contribution in [-0.4, -0.2) is 84.5 Å². The maximum absolute atomic E-state index is 13.9. The number of rotatable bonds is 14. The maximum Gasteiger partial charge on any atom is 0.243 e. The van der Waals surface area contributed by atoms with Crippen molar-refractivity contribution in [1.29, 1.82) is 0 Å². The Balaban J connectivity index is 1.93. The summed E-state index contributed by atoms with van der Waals surface area (Å²) in [5.74, 6) is -0.157. The topological polar surface area (TPSA) is 157 Å². The molecular weight excluding hydrogens is 568 g/mol. The van der Waals surface area contributed by atoms with Crippen LogP contribution < -0.4 is 16.0 Å². The van der Waals surface area contributed by atoms with Crippen LogP contribution in [0.15, 0.2) is 53.4 Å². The molecule has 3 rings (SSSR count). The molecule has 5 N–H and O–H groups in total. The van der Waals surface area contributed by atoms with Gasteiger partial charge >= 0.3 is 0 Å². The number of amides is 2. The van der Waals surface area contributed by atoms with Crippen LogP contribution >= 0.6 is 0 Å². The maximum atomic E-state index is 13.9. The lowest BCUT2D eigenvalue weighted by Gasteiger charge is -2.34. The van der Waals surface area contributed by atoms with Gasteiger partial charge in [-0.25, -0.2) is 13.4 Å². The first-order valence-electron chi connectivity index (χ1n) is 14.5. The van der Waals surface area contributed by atoms with Crippen molar-refractivity contribution in [3.8, 4) is 0 Å². The van der Waals surface area contributed by atoms with E-state index in [1.807, 2.05) is 65.0 Å². The minimum atomic E-state index is -4.02. The zero-order valence-electron chi connectivity index (χ0n) is 26.1. The standard InChI is InChI=1S/C31H46N6O5S/c1-20(2)18-37(43(41,42)23-13-14-24-25(16-23)34-21(3)33-24)19-27(38)26(15-22-11-9-8-10-12-22)35-30(40)29(31(4,5)6)36-28(39)17-32-7/h8-14,16,20,26-27,29,32,38H,15,17-19H2,1-7H3,(H,33,34)(H,35,40)(H,36,39). The van der Waals surface area contributed by atoms with Crippen molar-refractivity contribution in [2.45, 2.75) is 71.0 Å². The fraction of sp³-hybridized carbons (Fsp3) is 0.516. The monoisotopic (exact) mass is 614 g/mol. The number of hydrogen-bond donors (Lipinski definition) is 5. The van der Waals surface area contributed by atoms with Crippen LogP contribution in [-0.2, 0) is 26.0 Å². The third-order valence-corrected chi connectivity index (χ3v) is 8.86. The molecule has 3 aromatic rings. The van der Waals surface area contributed by atoms with Gasteiger partial charge < -0.3 is 26.0 Å². The number of aryl methyl sites for hydroxylation is 1. The molecule has 0 spiro atoms. The minimum absolute atomic E-state index is 0.0325. The van der Waals surface area contributed by atoms with Crippen LogP contribution in [0.5, 0.6) is 0 Å². The number of imidazole rings is 1. The lowest BCUT2D eigenvalue weighted by Crippen LogP contribution is -2.59. The zero-order valence-corrected chi connectivity index (χ0v) is 27.0. The van der Waals surface area contributed by atoms with Crippen molar-refractivity contribution in [3.05, 3.63) is 59.9 Å². The molecule has 2 amide bonds. The van der Waals surface area contributed by atoms with E-state index in [9.17, 15) is 23.1 Å². The van der Waals surface area contributed by atoms with Gasteiger partial charge in [0.2, 0.25) is 21.8 Å². The van der Waals surface area contributed by atoms with Gasteiger partial charge in [0.05, 0.1) is 34.6 Å². The number of fused-ring (bicyclic) bond motifs is 1. The molecule has 236 valence electrons. The van der Waals surface area contributed by atoms with E-state index in [0.717, 1.165) is 5.56 Å². The average molecular weight is 615 g/mol. The second kappa shape index (κ2) is 14.4. The number of carbonyl (C=O) groups excluding carboxylic acids is 2. The summed E-state index contributed by atoms with van der Waals surface area (Å²) in [5.41, 5.74) is 1.49. The van der Waals surface area contributed by atoms with Gasteiger partial charge in [-0.05, 0) is 55.5 Å². The van der Waals surface area contributed by atoms with Gasteiger partial charge in [-0.1, -0.05) is 65.0 Å². The fourth-order valence-corrected chi connectivity index (χ4v) is 6.55. The van der Waals surface area contributed by atoms with E-state index in [1.165, 1.54) is 10.4 Å². The molecule has 0 saturated carbocycles. The highest BCUT2D eigenvalue weighted by molar-refractivity contribution is 7.89. The van der Waals surface area contributed by atoms with Crippen LogP contribution in [0.3, 0.4) is 0 Å². The molecule has 3 atom stereocenters.